The van der Waals surface area contributed by atoms with E-state index in [4.69, 9.17) is 4.74 Å². The van der Waals surface area contributed by atoms with Gasteiger partial charge in [0.25, 0.3) is 10.0 Å². The van der Waals surface area contributed by atoms with E-state index >= 15 is 0 Å². The normalized spacial score (nSPS) is 18.2. The lowest BCUT2D eigenvalue weighted by molar-refractivity contribution is 0.0985. The number of rotatable bonds is 4. The van der Waals surface area contributed by atoms with Gasteiger partial charge in [-0.15, -0.1) is 0 Å². The topological polar surface area (TPSA) is 71.5 Å². The zero-order chi connectivity index (χ0) is 18.0. The summed E-state index contributed by atoms with van der Waals surface area (Å²) in [5, 5.41) is 0. The van der Waals surface area contributed by atoms with Crippen LogP contribution in [-0.2, 0) is 14.8 Å². The molecule has 0 saturated carbocycles. The number of aromatic nitrogens is 1. The summed E-state index contributed by atoms with van der Waals surface area (Å²) in [6, 6.07) is 5.96. The molecule has 0 bridgehead atoms. The van der Waals surface area contributed by atoms with Gasteiger partial charge in [0.2, 0.25) is 0 Å². The molecule has 2 heterocycles. The molecule has 1 aliphatic heterocycles. The first-order valence-corrected chi connectivity index (χ1v) is 9.13. The second-order valence-electron chi connectivity index (χ2n) is 5.70. The first-order valence-electron chi connectivity index (χ1n) is 7.65. The summed E-state index contributed by atoms with van der Waals surface area (Å²) >= 11 is 0. The Labute approximate surface area is 144 Å². The highest BCUT2D eigenvalue weighted by Gasteiger charge is 2.21. The zero-order valence-electron chi connectivity index (χ0n) is 13.4. The third-order valence-electron chi connectivity index (χ3n) is 3.86. The van der Waals surface area contributed by atoms with Gasteiger partial charge in [-0.25, -0.2) is 22.2 Å². The Kier molecular flexibility index (Phi) is 4.87. The summed E-state index contributed by atoms with van der Waals surface area (Å²) in [6.07, 6.45) is 1.24. The largest absolute Gasteiger partial charge is 0.377 e. The number of benzene rings is 1. The van der Waals surface area contributed by atoms with E-state index < -0.39 is 21.7 Å². The number of ether oxygens (including phenoxy) is 1. The molecule has 1 aliphatic rings. The number of sulfonamides is 1. The molecule has 25 heavy (non-hydrogen) atoms. The van der Waals surface area contributed by atoms with Crippen LogP contribution in [0.3, 0.4) is 0 Å². The first kappa shape index (κ1) is 17.6. The van der Waals surface area contributed by atoms with Gasteiger partial charge in [0.05, 0.1) is 24.9 Å². The number of pyridine rings is 1. The molecule has 0 aliphatic carbocycles. The number of halogens is 2. The second kappa shape index (κ2) is 6.93. The van der Waals surface area contributed by atoms with Gasteiger partial charge in [0, 0.05) is 18.8 Å². The molecule has 1 aromatic heterocycles. The molecule has 3 rings (SSSR count). The monoisotopic (exact) mass is 369 g/mol. The molecule has 1 N–H and O–H groups in total. The molecular weight excluding hydrogens is 352 g/mol. The summed E-state index contributed by atoms with van der Waals surface area (Å²) < 4.78 is 58.4. The Bertz CT molecular complexity index is 859. The third-order valence-corrected chi connectivity index (χ3v) is 5.23. The molecular formula is C16H17F2N3O3S. The van der Waals surface area contributed by atoms with Crippen LogP contribution >= 0.6 is 0 Å². The van der Waals surface area contributed by atoms with Crippen molar-refractivity contribution >= 4 is 21.5 Å². The fraction of sp³-hybridized carbons (Fsp3) is 0.312. The van der Waals surface area contributed by atoms with Gasteiger partial charge in [0.1, 0.15) is 10.7 Å². The van der Waals surface area contributed by atoms with Gasteiger partial charge in [0.15, 0.2) is 11.6 Å². The van der Waals surface area contributed by atoms with Crippen LogP contribution in [0.4, 0.5) is 20.3 Å². The van der Waals surface area contributed by atoms with Crippen LogP contribution < -0.4 is 9.62 Å². The number of nitrogens with one attached hydrogen (secondary N) is 1. The van der Waals surface area contributed by atoms with Crippen molar-refractivity contribution in [2.24, 2.45) is 0 Å². The van der Waals surface area contributed by atoms with Crippen LogP contribution in [0.2, 0.25) is 0 Å². The van der Waals surface area contributed by atoms with Crippen molar-refractivity contribution in [3.63, 3.8) is 0 Å². The first-order chi connectivity index (χ1) is 11.9. The molecule has 1 unspecified atom stereocenters. The van der Waals surface area contributed by atoms with Crippen molar-refractivity contribution in [3.05, 3.63) is 48.2 Å². The van der Waals surface area contributed by atoms with Gasteiger partial charge in [-0.3, -0.25) is 4.72 Å². The fourth-order valence-corrected chi connectivity index (χ4v) is 3.54. The molecule has 134 valence electrons. The van der Waals surface area contributed by atoms with Gasteiger partial charge in [-0.05, 0) is 31.2 Å². The Morgan fingerprint density at radius 1 is 1.24 bits per heavy atom. The van der Waals surface area contributed by atoms with E-state index in [0.717, 1.165) is 18.2 Å². The standard InChI is InChI=1S/C16H17F2N3O3S/c1-11-10-24-7-6-21(11)16-5-3-13(9-19-16)25(22,23)20-12-2-4-14(17)15(18)8-12/h2-5,8-9,11,20H,6-7,10H2,1H3. The lowest BCUT2D eigenvalue weighted by atomic mass is 10.2. The van der Waals surface area contributed by atoms with Crippen LogP contribution in [0.1, 0.15) is 6.92 Å². The molecule has 0 radical (unpaired) electrons. The van der Waals surface area contributed by atoms with Crippen LogP contribution in [-0.4, -0.2) is 39.2 Å². The van der Waals surface area contributed by atoms with Crippen LogP contribution in [0.15, 0.2) is 41.4 Å². The van der Waals surface area contributed by atoms with Crippen LogP contribution in [0.25, 0.3) is 0 Å². The molecule has 2 aromatic rings. The maximum atomic E-state index is 13.2. The predicted molar refractivity (Wildman–Crippen MR) is 89.0 cm³/mol. The minimum atomic E-state index is -3.95. The van der Waals surface area contributed by atoms with Crippen molar-refractivity contribution in [1.82, 2.24) is 4.98 Å². The van der Waals surface area contributed by atoms with E-state index in [9.17, 15) is 17.2 Å². The van der Waals surface area contributed by atoms with Crippen molar-refractivity contribution in [3.8, 4) is 0 Å². The highest BCUT2D eigenvalue weighted by Crippen LogP contribution is 2.21. The van der Waals surface area contributed by atoms with Gasteiger partial charge in [-0.1, -0.05) is 0 Å². The molecule has 9 heteroatoms. The number of anilines is 2. The molecule has 0 amide bonds. The summed E-state index contributed by atoms with van der Waals surface area (Å²) in [5.41, 5.74) is -0.0650. The quantitative estimate of drug-likeness (QED) is 0.896. The third kappa shape index (κ3) is 3.88. The van der Waals surface area contributed by atoms with E-state index in [1.807, 2.05) is 11.8 Å². The number of morpholine rings is 1. The van der Waals surface area contributed by atoms with Gasteiger partial charge < -0.3 is 9.64 Å². The van der Waals surface area contributed by atoms with Gasteiger partial charge >= 0.3 is 0 Å². The van der Waals surface area contributed by atoms with Crippen LogP contribution in [0.5, 0.6) is 0 Å². The Morgan fingerprint density at radius 2 is 2.04 bits per heavy atom. The maximum absolute atomic E-state index is 13.2. The Balaban J connectivity index is 1.79. The average Bonchev–Trinajstić information content (AvgIpc) is 2.58. The zero-order valence-corrected chi connectivity index (χ0v) is 14.3. The second-order valence-corrected chi connectivity index (χ2v) is 7.39. The predicted octanol–water partition coefficient (Wildman–Crippen LogP) is 2.39. The molecule has 6 nitrogen and oxygen atoms in total. The molecule has 1 aromatic carbocycles. The summed E-state index contributed by atoms with van der Waals surface area (Å²) in [4.78, 5) is 6.17. The van der Waals surface area contributed by atoms with Crippen molar-refractivity contribution in [1.29, 1.82) is 0 Å². The highest BCUT2D eigenvalue weighted by atomic mass is 32.2. The Morgan fingerprint density at radius 3 is 2.68 bits per heavy atom. The van der Waals surface area contributed by atoms with E-state index in [2.05, 4.69) is 9.71 Å². The highest BCUT2D eigenvalue weighted by molar-refractivity contribution is 7.92. The van der Waals surface area contributed by atoms with E-state index in [1.54, 1.807) is 6.07 Å². The van der Waals surface area contributed by atoms with Crippen molar-refractivity contribution < 1.29 is 21.9 Å². The van der Waals surface area contributed by atoms with E-state index in [-0.39, 0.29) is 16.6 Å². The summed E-state index contributed by atoms with van der Waals surface area (Å²) in [5.74, 6) is -1.52. The molecule has 1 saturated heterocycles. The maximum Gasteiger partial charge on any atom is 0.263 e. The van der Waals surface area contributed by atoms with E-state index in [1.165, 1.54) is 12.3 Å². The van der Waals surface area contributed by atoms with Crippen molar-refractivity contribution in [2.45, 2.75) is 17.9 Å². The van der Waals surface area contributed by atoms with E-state index in [0.29, 0.717) is 25.6 Å². The Hall–Kier alpha value is -2.26. The molecule has 0 spiro atoms. The van der Waals surface area contributed by atoms with Crippen LogP contribution in [0, 0.1) is 11.6 Å². The summed E-state index contributed by atoms with van der Waals surface area (Å²) in [6.45, 7) is 3.84. The number of nitrogens with zero attached hydrogens (tertiary/aromatic N) is 2. The number of hydrogen-bond donors (Lipinski definition) is 1. The number of hydrogen-bond acceptors (Lipinski definition) is 5. The minimum Gasteiger partial charge on any atom is -0.377 e. The molecule has 1 atom stereocenters. The lowest BCUT2D eigenvalue weighted by Gasteiger charge is -2.34. The minimum absolute atomic E-state index is 0.0650. The smallest absolute Gasteiger partial charge is 0.263 e. The average molecular weight is 369 g/mol. The summed E-state index contributed by atoms with van der Waals surface area (Å²) in [7, 11) is -3.95. The van der Waals surface area contributed by atoms with Crippen molar-refractivity contribution in [2.75, 3.05) is 29.4 Å². The SMILES string of the molecule is CC1COCCN1c1ccc(S(=O)(=O)Nc2ccc(F)c(F)c2)cn1. The fourth-order valence-electron chi connectivity index (χ4n) is 2.54. The molecule has 1 fully saturated rings. The van der Waals surface area contributed by atoms with Gasteiger partial charge in [-0.2, -0.15) is 0 Å². The lowest BCUT2D eigenvalue weighted by Crippen LogP contribution is -2.44.